The fourth-order valence-electron chi connectivity index (χ4n) is 2.20. The number of carbonyl (C=O) groups is 1. The van der Waals surface area contributed by atoms with Crippen molar-refractivity contribution in [1.29, 1.82) is 0 Å². The average molecular weight is 288 g/mol. The number of amides is 1. The van der Waals surface area contributed by atoms with Crippen LogP contribution in [0.4, 0.5) is 4.79 Å². The standard InChI is InChI=1S/C14H28N2O4/c1-14(2,3)20-13(17)15-11-6-5-7-12(10-11)16-19-9-8-18-4/h11-12,16H,5-10H2,1-4H3,(H,15,17). The van der Waals surface area contributed by atoms with Gasteiger partial charge in [-0.05, 0) is 46.5 Å². The number of nitrogens with one attached hydrogen (secondary N) is 2. The Morgan fingerprint density at radius 2 is 1.90 bits per heavy atom. The first-order valence-corrected chi connectivity index (χ1v) is 7.26. The Labute approximate surface area is 121 Å². The molecule has 0 aromatic rings. The Kier molecular flexibility index (Phi) is 7.26. The second-order valence-electron chi connectivity index (χ2n) is 6.17. The molecule has 0 aliphatic heterocycles. The van der Waals surface area contributed by atoms with Crippen LogP contribution in [0.15, 0.2) is 0 Å². The van der Waals surface area contributed by atoms with Crippen LogP contribution in [0.25, 0.3) is 0 Å². The monoisotopic (exact) mass is 288 g/mol. The summed E-state index contributed by atoms with van der Waals surface area (Å²) >= 11 is 0. The molecule has 6 heteroatoms. The first kappa shape index (κ1) is 17.2. The van der Waals surface area contributed by atoms with Gasteiger partial charge in [-0.3, -0.25) is 4.84 Å². The lowest BCUT2D eigenvalue weighted by Gasteiger charge is -2.30. The first-order valence-electron chi connectivity index (χ1n) is 7.26. The van der Waals surface area contributed by atoms with Crippen LogP contribution in [0.5, 0.6) is 0 Å². The molecule has 118 valence electrons. The molecule has 0 spiro atoms. The zero-order chi connectivity index (χ0) is 15.0. The van der Waals surface area contributed by atoms with Crippen molar-refractivity contribution < 1.29 is 19.1 Å². The van der Waals surface area contributed by atoms with Crippen LogP contribution < -0.4 is 10.8 Å². The number of rotatable bonds is 6. The molecule has 2 N–H and O–H groups in total. The molecule has 1 fully saturated rings. The van der Waals surface area contributed by atoms with Gasteiger partial charge in [-0.15, -0.1) is 0 Å². The molecule has 1 aliphatic carbocycles. The fourth-order valence-corrected chi connectivity index (χ4v) is 2.20. The van der Waals surface area contributed by atoms with E-state index in [-0.39, 0.29) is 18.2 Å². The third-order valence-corrected chi connectivity index (χ3v) is 3.03. The van der Waals surface area contributed by atoms with Gasteiger partial charge in [-0.25, -0.2) is 4.79 Å². The topological polar surface area (TPSA) is 68.8 Å². The summed E-state index contributed by atoms with van der Waals surface area (Å²) < 4.78 is 10.2. The number of hydrogen-bond acceptors (Lipinski definition) is 5. The van der Waals surface area contributed by atoms with Crippen LogP contribution in [-0.4, -0.2) is 44.1 Å². The van der Waals surface area contributed by atoms with E-state index in [1.807, 2.05) is 20.8 Å². The van der Waals surface area contributed by atoms with Crippen molar-refractivity contribution in [2.24, 2.45) is 0 Å². The van der Waals surface area contributed by atoms with E-state index in [9.17, 15) is 4.79 Å². The molecule has 6 nitrogen and oxygen atoms in total. The molecule has 0 saturated heterocycles. The van der Waals surface area contributed by atoms with Crippen molar-refractivity contribution in [3.05, 3.63) is 0 Å². The lowest BCUT2D eigenvalue weighted by Crippen LogP contribution is -2.45. The van der Waals surface area contributed by atoms with Gasteiger partial charge in [-0.2, -0.15) is 5.48 Å². The zero-order valence-electron chi connectivity index (χ0n) is 13.0. The van der Waals surface area contributed by atoms with Gasteiger partial charge < -0.3 is 14.8 Å². The Balaban J connectivity index is 2.24. The third-order valence-electron chi connectivity index (χ3n) is 3.03. The van der Waals surface area contributed by atoms with Gasteiger partial charge in [0.25, 0.3) is 0 Å². The van der Waals surface area contributed by atoms with Gasteiger partial charge >= 0.3 is 6.09 Å². The lowest BCUT2D eigenvalue weighted by molar-refractivity contribution is -0.0209. The van der Waals surface area contributed by atoms with Crippen LogP contribution >= 0.6 is 0 Å². The number of methoxy groups -OCH3 is 1. The molecule has 0 bridgehead atoms. The molecule has 1 aliphatic rings. The average Bonchev–Trinajstić information content (AvgIpc) is 2.32. The predicted octanol–water partition coefficient (Wildman–Crippen LogP) is 1.99. The van der Waals surface area contributed by atoms with Crippen LogP contribution in [0.1, 0.15) is 46.5 Å². The lowest BCUT2D eigenvalue weighted by atomic mass is 9.91. The molecule has 20 heavy (non-hydrogen) atoms. The van der Waals surface area contributed by atoms with Gasteiger partial charge in [0.15, 0.2) is 0 Å². The van der Waals surface area contributed by atoms with Crippen molar-refractivity contribution in [3.8, 4) is 0 Å². The minimum atomic E-state index is -0.459. The number of ether oxygens (including phenoxy) is 2. The summed E-state index contributed by atoms with van der Waals surface area (Å²) in [5.41, 5.74) is 2.58. The van der Waals surface area contributed by atoms with Crippen molar-refractivity contribution in [2.75, 3.05) is 20.3 Å². The van der Waals surface area contributed by atoms with E-state index in [1.165, 1.54) is 0 Å². The normalized spacial score (nSPS) is 23.4. The fraction of sp³-hybridized carbons (Fsp3) is 0.929. The summed E-state index contributed by atoms with van der Waals surface area (Å²) in [7, 11) is 1.64. The summed E-state index contributed by atoms with van der Waals surface area (Å²) in [5.74, 6) is 0. The largest absolute Gasteiger partial charge is 0.444 e. The molecule has 2 atom stereocenters. The zero-order valence-corrected chi connectivity index (χ0v) is 13.0. The number of carbonyl (C=O) groups excluding carboxylic acids is 1. The van der Waals surface area contributed by atoms with Gasteiger partial charge in [-0.1, -0.05) is 0 Å². The minimum absolute atomic E-state index is 0.141. The van der Waals surface area contributed by atoms with E-state index < -0.39 is 5.60 Å². The maximum atomic E-state index is 11.7. The summed E-state index contributed by atoms with van der Waals surface area (Å²) in [6.07, 6.45) is 3.61. The molecular weight excluding hydrogens is 260 g/mol. The highest BCUT2D eigenvalue weighted by atomic mass is 16.7. The van der Waals surface area contributed by atoms with E-state index in [1.54, 1.807) is 7.11 Å². The quantitative estimate of drug-likeness (QED) is 0.578. The molecule has 0 aromatic carbocycles. The second kappa shape index (κ2) is 8.44. The third kappa shape index (κ3) is 7.67. The van der Waals surface area contributed by atoms with Crippen molar-refractivity contribution in [1.82, 2.24) is 10.8 Å². The maximum absolute atomic E-state index is 11.7. The Bertz CT molecular complexity index is 291. The number of hydrogen-bond donors (Lipinski definition) is 2. The molecule has 0 heterocycles. The predicted molar refractivity (Wildman–Crippen MR) is 76.4 cm³/mol. The van der Waals surface area contributed by atoms with Crippen LogP contribution in [-0.2, 0) is 14.3 Å². The summed E-state index contributed by atoms with van der Waals surface area (Å²) in [6, 6.07) is 0.405. The first-order chi connectivity index (χ1) is 9.40. The van der Waals surface area contributed by atoms with E-state index in [4.69, 9.17) is 14.3 Å². The number of hydroxylamine groups is 1. The molecule has 1 rings (SSSR count). The van der Waals surface area contributed by atoms with Gasteiger partial charge in [0.2, 0.25) is 0 Å². The Hall–Kier alpha value is -0.850. The minimum Gasteiger partial charge on any atom is -0.444 e. The van der Waals surface area contributed by atoms with Crippen molar-refractivity contribution in [2.45, 2.75) is 64.1 Å². The van der Waals surface area contributed by atoms with E-state index in [0.29, 0.717) is 13.2 Å². The van der Waals surface area contributed by atoms with E-state index in [2.05, 4.69) is 10.8 Å². The molecule has 1 saturated carbocycles. The summed E-state index contributed by atoms with van der Waals surface area (Å²) in [4.78, 5) is 17.1. The highest BCUT2D eigenvalue weighted by Gasteiger charge is 2.25. The van der Waals surface area contributed by atoms with Crippen LogP contribution in [0.2, 0.25) is 0 Å². The summed E-state index contributed by atoms with van der Waals surface area (Å²) in [5, 5.41) is 2.93. The summed E-state index contributed by atoms with van der Waals surface area (Å²) in [6.45, 7) is 6.68. The maximum Gasteiger partial charge on any atom is 0.407 e. The van der Waals surface area contributed by atoms with Crippen LogP contribution in [0.3, 0.4) is 0 Å². The van der Waals surface area contributed by atoms with E-state index >= 15 is 0 Å². The van der Waals surface area contributed by atoms with Gasteiger partial charge in [0.1, 0.15) is 5.60 Å². The molecular formula is C14H28N2O4. The number of alkyl carbamates (subject to hydrolysis) is 1. The van der Waals surface area contributed by atoms with Gasteiger partial charge in [0, 0.05) is 19.2 Å². The highest BCUT2D eigenvalue weighted by Crippen LogP contribution is 2.19. The second-order valence-corrected chi connectivity index (χ2v) is 6.17. The molecule has 0 aromatic heterocycles. The van der Waals surface area contributed by atoms with E-state index in [0.717, 1.165) is 25.7 Å². The van der Waals surface area contributed by atoms with Crippen molar-refractivity contribution in [3.63, 3.8) is 0 Å². The Morgan fingerprint density at radius 1 is 1.20 bits per heavy atom. The SMILES string of the molecule is COCCONC1CCCC(NC(=O)OC(C)(C)C)C1. The molecule has 0 radical (unpaired) electrons. The van der Waals surface area contributed by atoms with Gasteiger partial charge in [0.05, 0.1) is 13.2 Å². The molecule has 1 amide bonds. The molecule has 2 unspecified atom stereocenters. The van der Waals surface area contributed by atoms with Crippen molar-refractivity contribution >= 4 is 6.09 Å². The van der Waals surface area contributed by atoms with Crippen LogP contribution in [0, 0.1) is 0 Å². The highest BCUT2D eigenvalue weighted by molar-refractivity contribution is 5.68. The Morgan fingerprint density at radius 3 is 2.55 bits per heavy atom. The smallest absolute Gasteiger partial charge is 0.407 e.